The first kappa shape index (κ1) is 19.7. The van der Waals surface area contributed by atoms with Gasteiger partial charge in [-0.2, -0.15) is 0 Å². The molecule has 138 valence electrons. The van der Waals surface area contributed by atoms with E-state index in [0.717, 1.165) is 22.0 Å². The lowest BCUT2D eigenvalue weighted by Crippen LogP contribution is -2.28. The van der Waals surface area contributed by atoms with Crippen molar-refractivity contribution in [3.63, 3.8) is 0 Å². The van der Waals surface area contributed by atoms with Gasteiger partial charge in [-0.25, -0.2) is 0 Å². The van der Waals surface area contributed by atoms with Gasteiger partial charge in [0.2, 0.25) is 0 Å². The molecule has 2 rings (SSSR count). The highest BCUT2D eigenvalue weighted by atomic mass is 32.2. The summed E-state index contributed by atoms with van der Waals surface area (Å²) in [6, 6.07) is 14.7. The number of benzene rings is 2. The Morgan fingerprint density at radius 1 is 1.00 bits per heavy atom. The molecule has 0 heterocycles. The summed E-state index contributed by atoms with van der Waals surface area (Å²) in [6.07, 6.45) is 0. The van der Waals surface area contributed by atoms with Crippen LogP contribution in [0.2, 0.25) is 0 Å². The van der Waals surface area contributed by atoms with Gasteiger partial charge in [0.25, 0.3) is 5.91 Å². The van der Waals surface area contributed by atoms with E-state index in [4.69, 9.17) is 14.2 Å². The molecule has 1 amide bonds. The number of methoxy groups -OCH3 is 2. The number of carbonyl (C=O) groups excluding carboxylic acids is 2. The summed E-state index contributed by atoms with van der Waals surface area (Å²) in [6.45, 7) is 0.0418. The molecule has 0 aliphatic rings. The maximum Gasteiger partial charge on any atom is 0.316 e. The molecule has 0 spiro atoms. The standard InChI is InChI=1S/C19H21NO5S/c1-23-15-6-8-17(9-7-15)26-13-19(22)25-12-18(21)20-11-14-4-3-5-16(10-14)24-2/h3-10H,11-13H2,1-2H3,(H,20,21). The van der Waals surface area contributed by atoms with Gasteiger partial charge in [0.05, 0.1) is 20.0 Å². The molecule has 0 saturated carbocycles. The predicted molar refractivity (Wildman–Crippen MR) is 99.5 cm³/mol. The van der Waals surface area contributed by atoms with E-state index >= 15 is 0 Å². The zero-order chi connectivity index (χ0) is 18.8. The lowest BCUT2D eigenvalue weighted by atomic mass is 10.2. The number of ether oxygens (including phenoxy) is 3. The Bertz CT molecular complexity index is 733. The molecular formula is C19H21NO5S. The first-order chi connectivity index (χ1) is 12.6. The summed E-state index contributed by atoms with van der Waals surface area (Å²) in [5.74, 6) is 0.816. The highest BCUT2D eigenvalue weighted by Gasteiger charge is 2.08. The largest absolute Gasteiger partial charge is 0.497 e. The van der Waals surface area contributed by atoms with Crippen LogP contribution in [0.25, 0.3) is 0 Å². The molecule has 2 aromatic rings. The molecule has 0 fully saturated rings. The van der Waals surface area contributed by atoms with Crippen LogP contribution < -0.4 is 14.8 Å². The Morgan fingerprint density at radius 3 is 2.42 bits per heavy atom. The number of hydrogen-bond acceptors (Lipinski definition) is 6. The Labute approximate surface area is 156 Å². The normalized spacial score (nSPS) is 10.1. The van der Waals surface area contributed by atoms with Crippen LogP contribution in [0, 0.1) is 0 Å². The van der Waals surface area contributed by atoms with Crippen molar-refractivity contribution >= 4 is 23.6 Å². The second-order valence-electron chi connectivity index (χ2n) is 5.25. The second kappa shape index (κ2) is 10.4. The second-order valence-corrected chi connectivity index (χ2v) is 6.30. The minimum Gasteiger partial charge on any atom is -0.497 e. The highest BCUT2D eigenvalue weighted by Crippen LogP contribution is 2.21. The van der Waals surface area contributed by atoms with Gasteiger partial charge in [0, 0.05) is 11.4 Å². The van der Waals surface area contributed by atoms with Crippen LogP contribution in [0.4, 0.5) is 0 Å². The molecule has 0 unspecified atom stereocenters. The van der Waals surface area contributed by atoms with E-state index in [9.17, 15) is 9.59 Å². The summed E-state index contributed by atoms with van der Waals surface area (Å²) < 4.78 is 15.2. The van der Waals surface area contributed by atoms with Crippen LogP contribution in [0.5, 0.6) is 11.5 Å². The number of rotatable bonds is 9. The van der Waals surface area contributed by atoms with Crippen molar-refractivity contribution in [2.24, 2.45) is 0 Å². The Morgan fingerprint density at radius 2 is 1.73 bits per heavy atom. The van der Waals surface area contributed by atoms with E-state index in [-0.39, 0.29) is 18.3 Å². The lowest BCUT2D eigenvalue weighted by molar-refractivity contribution is -0.145. The summed E-state index contributed by atoms with van der Waals surface area (Å²) in [4.78, 5) is 24.4. The van der Waals surface area contributed by atoms with Crippen LogP contribution in [0.1, 0.15) is 5.56 Å². The van der Waals surface area contributed by atoms with Gasteiger partial charge in [-0.1, -0.05) is 12.1 Å². The number of thioether (sulfide) groups is 1. The molecule has 6 nitrogen and oxygen atoms in total. The van der Waals surface area contributed by atoms with Gasteiger partial charge < -0.3 is 19.5 Å². The third-order valence-electron chi connectivity index (χ3n) is 3.40. The molecule has 0 aromatic heterocycles. The summed E-state index contributed by atoms with van der Waals surface area (Å²) in [5, 5.41) is 2.70. The van der Waals surface area contributed by atoms with Crippen LogP contribution in [-0.4, -0.2) is 38.5 Å². The maximum absolute atomic E-state index is 11.8. The number of amides is 1. The monoisotopic (exact) mass is 375 g/mol. The first-order valence-corrected chi connectivity index (χ1v) is 8.91. The van der Waals surface area contributed by atoms with Gasteiger partial charge in [-0.15, -0.1) is 11.8 Å². The number of nitrogens with one attached hydrogen (secondary N) is 1. The number of esters is 1. The zero-order valence-corrected chi connectivity index (χ0v) is 15.5. The molecule has 0 bridgehead atoms. The average molecular weight is 375 g/mol. The van der Waals surface area contributed by atoms with Crippen molar-refractivity contribution in [3.8, 4) is 11.5 Å². The van der Waals surface area contributed by atoms with Crippen LogP contribution in [0.15, 0.2) is 53.4 Å². The van der Waals surface area contributed by atoms with Crippen LogP contribution in [0.3, 0.4) is 0 Å². The van der Waals surface area contributed by atoms with Gasteiger partial charge in [0.15, 0.2) is 6.61 Å². The SMILES string of the molecule is COc1ccc(SCC(=O)OCC(=O)NCc2cccc(OC)c2)cc1. The topological polar surface area (TPSA) is 73.9 Å². The highest BCUT2D eigenvalue weighted by molar-refractivity contribution is 8.00. The first-order valence-electron chi connectivity index (χ1n) is 7.93. The lowest BCUT2D eigenvalue weighted by Gasteiger charge is -2.08. The predicted octanol–water partition coefficient (Wildman–Crippen LogP) is 2.66. The molecule has 0 atom stereocenters. The number of carbonyl (C=O) groups is 2. The smallest absolute Gasteiger partial charge is 0.316 e. The third kappa shape index (κ3) is 6.68. The van der Waals surface area contributed by atoms with Crippen molar-refractivity contribution in [2.75, 3.05) is 26.6 Å². The van der Waals surface area contributed by atoms with Crippen molar-refractivity contribution in [1.82, 2.24) is 5.32 Å². The van der Waals surface area contributed by atoms with Crippen molar-refractivity contribution in [1.29, 1.82) is 0 Å². The van der Waals surface area contributed by atoms with E-state index in [1.54, 1.807) is 14.2 Å². The van der Waals surface area contributed by atoms with Gasteiger partial charge in [-0.3, -0.25) is 9.59 Å². The Hall–Kier alpha value is -2.67. The van der Waals surface area contributed by atoms with Gasteiger partial charge in [0.1, 0.15) is 11.5 Å². The van der Waals surface area contributed by atoms with Gasteiger partial charge >= 0.3 is 5.97 Å². The number of hydrogen-bond donors (Lipinski definition) is 1. The quantitative estimate of drug-likeness (QED) is 0.537. The molecular weight excluding hydrogens is 354 g/mol. The van der Waals surface area contributed by atoms with E-state index in [0.29, 0.717) is 6.54 Å². The third-order valence-corrected chi connectivity index (χ3v) is 4.39. The maximum atomic E-state index is 11.8. The summed E-state index contributed by atoms with van der Waals surface area (Å²) in [7, 11) is 3.18. The minimum atomic E-state index is -0.442. The molecule has 0 aliphatic heterocycles. The average Bonchev–Trinajstić information content (AvgIpc) is 2.69. The van der Waals surface area contributed by atoms with Gasteiger partial charge in [-0.05, 0) is 42.0 Å². The molecule has 1 N–H and O–H groups in total. The minimum absolute atomic E-state index is 0.134. The summed E-state index contributed by atoms with van der Waals surface area (Å²) in [5.41, 5.74) is 0.902. The molecule has 2 aromatic carbocycles. The summed E-state index contributed by atoms with van der Waals surface area (Å²) >= 11 is 1.34. The zero-order valence-electron chi connectivity index (χ0n) is 14.7. The fraction of sp³-hybridized carbons (Fsp3) is 0.263. The van der Waals surface area contributed by atoms with Crippen LogP contribution in [-0.2, 0) is 20.9 Å². The fourth-order valence-corrected chi connectivity index (χ4v) is 2.73. The van der Waals surface area contributed by atoms with Crippen molar-refractivity contribution in [3.05, 3.63) is 54.1 Å². The van der Waals surface area contributed by atoms with E-state index in [1.807, 2.05) is 48.5 Å². The van der Waals surface area contributed by atoms with Crippen molar-refractivity contribution in [2.45, 2.75) is 11.4 Å². The fourth-order valence-electron chi connectivity index (χ4n) is 2.04. The molecule has 7 heteroatoms. The molecule has 0 radical (unpaired) electrons. The van der Waals surface area contributed by atoms with Crippen molar-refractivity contribution < 1.29 is 23.8 Å². The molecule has 0 saturated heterocycles. The Kier molecular flexibility index (Phi) is 7.82. The van der Waals surface area contributed by atoms with E-state index < -0.39 is 5.97 Å². The van der Waals surface area contributed by atoms with Crippen LogP contribution >= 0.6 is 11.8 Å². The molecule has 0 aliphatic carbocycles. The Balaban J connectivity index is 1.66. The van der Waals surface area contributed by atoms with E-state index in [2.05, 4.69) is 5.32 Å². The van der Waals surface area contributed by atoms with E-state index in [1.165, 1.54) is 11.8 Å². The molecule has 26 heavy (non-hydrogen) atoms.